The molecule has 0 unspecified atom stereocenters. The summed E-state index contributed by atoms with van der Waals surface area (Å²) in [6.45, 7) is 5.49. The van der Waals surface area contributed by atoms with Crippen LogP contribution in [0.5, 0.6) is 0 Å². The van der Waals surface area contributed by atoms with E-state index in [9.17, 15) is 0 Å². The van der Waals surface area contributed by atoms with Crippen molar-refractivity contribution in [2.45, 2.75) is 38.8 Å². The van der Waals surface area contributed by atoms with Crippen LogP contribution in [-0.2, 0) is 13.0 Å². The van der Waals surface area contributed by atoms with Gasteiger partial charge in [-0.1, -0.05) is 60.7 Å². The highest BCUT2D eigenvalue weighted by Crippen LogP contribution is 2.14. The van der Waals surface area contributed by atoms with Crippen molar-refractivity contribution in [3.63, 3.8) is 0 Å². The van der Waals surface area contributed by atoms with Gasteiger partial charge in [-0.05, 0) is 37.8 Å². The number of hydrogen-bond acceptors (Lipinski definition) is 1. The van der Waals surface area contributed by atoms with Crippen molar-refractivity contribution >= 4 is 0 Å². The summed E-state index contributed by atoms with van der Waals surface area (Å²) in [6, 6.07) is 21.3. The van der Waals surface area contributed by atoms with E-state index in [0.29, 0.717) is 0 Å². The smallest absolute Gasteiger partial charge is 0.0210 e. The molecule has 0 amide bonds. The first-order valence-electron chi connectivity index (χ1n) is 6.99. The van der Waals surface area contributed by atoms with Crippen molar-refractivity contribution in [2.24, 2.45) is 0 Å². The fourth-order valence-electron chi connectivity index (χ4n) is 2.13. The molecule has 0 heterocycles. The molecular formula is C18H23N. The SMILES string of the molecule is CC(C)(CCc1ccccc1)NCc1ccccc1. The lowest BCUT2D eigenvalue weighted by atomic mass is 9.95. The molecule has 0 saturated carbocycles. The second-order valence-electron chi connectivity index (χ2n) is 5.71. The third-order valence-electron chi connectivity index (χ3n) is 3.50. The summed E-state index contributed by atoms with van der Waals surface area (Å²) < 4.78 is 0. The number of hydrogen-bond donors (Lipinski definition) is 1. The second kappa shape index (κ2) is 6.53. The Bertz CT molecular complexity index is 428. The minimum absolute atomic E-state index is 0.158. The Kier molecular flexibility index (Phi) is 4.75. The van der Waals surface area contributed by atoms with Crippen LogP contribution in [0.4, 0.5) is 0 Å². The van der Waals surface area contributed by atoms with E-state index in [0.717, 1.165) is 19.4 Å². The molecule has 0 saturated heterocycles. The average Bonchev–Trinajstić information content (AvgIpc) is 2.46. The van der Waals surface area contributed by atoms with Crippen LogP contribution in [0, 0.1) is 0 Å². The Balaban J connectivity index is 1.82. The zero-order chi connectivity index (χ0) is 13.6. The highest BCUT2D eigenvalue weighted by Gasteiger charge is 2.16. The van der Waals surface area contributed by atoms with Gasteiger partial charge in [-0.25, -0.2) is 0 Å². The number of aryl methyl sites for hydroxylation is 1. The van der Waals surface area contributed by atoms with E-state index in [2.05, 4.69) is 79.8 Å². The van der Waals surface area contributed by atoms with E-state index in [4.69, 9.17) is 0 Å². The van der Waals surface area contributed by atoms with Crippen LogP contribution in [0.15, 0.2) is 60.7 Å². The molecule has 100 valence electrons. The Labute approximate surface area is 116 Å². The first kappa shape index (κ1) is 13.8. The van der Waals surface area contributed by atoms with Gasteiger partial charge < -0.3 is 5.32 Å². The number of rotatable bonds is 6. The monoisotopic (exact) mass is 253 g/mol. The average molecular weight is 253 g/mol. The van der Waals surface area contributed by atoms with E-state index in [1.165, 1.54) is 11.1 Å². The first-order chi connectivity index (χ1) is 9.16. The third-order valence-corrected chi connectivity index (χ3v) is 3.50. The van der Waals surface area contributed by atoms with Crippen LogP contribution >= 0.6 is 0 Å². The van der Waals surface area contributed by atoms with Crippen molar-refractivity contribution in [3.8, 4) is 0 Å². The molecule has 1 heteroatoms. The minimum atomic E-state index is 0.158. The molecule has 2 aromatic rings. The molecule has 1 N–H and O–H groups in total. The van der Waals surface area contributed by atoms with Crippen molar-refractivity contribution in [1.82, 2.24) is 5.32 Å². The Morgan fingerprint density at radius 2 is 1.32 bits per heavy atom. The molecule has 2 rings (SSSR count). The van der Waals surface area contributed by atoms with Gasteiger partial charge in [-0.2, -0.15) is 0 Å². The fourth-order valence-corrected chi connectivity index (χ4v) is 2.13. The van der Waals surface area contributed by atoms with Gasteiger partial charge in [0.25, 0.3) is 0 Å². The van der Waals surface area contributed by atoms with Crippen molar-refractivity contribution < 1.29 is 0 Å². The van der Waals surface area contributed by atoms with Gasteiger partial charge in [0.15, 0.2) is 0 Å². The largest absolute Gasteiger partial charge is 0.308 e. The molecule has 0 radical (unpaired) electrons. The van der Waals surface area contributed by atoms with E-state index in [1.807, 2.05) is 0 Å². The van der Waals surface area contributed by atoms with E-state index in [1.54, 1.807) is 0 Å². The molecule has 0 aliphatic heterocycles. The number of benzene rings is 2. The van der Waals surface area contributed by atoms with Gasteiger partial charge in [-0.15, -0.1) is 0 Å². The van der Waals surface area contributed by atoms with Gasteiger partial charge in [0, 0.05) is 12.1 Å². The molecule has 0 aromatic heterocycles. The summed E-state index contributed by atoms with van der Waals surface area (Å²) >= 11 is 0. The third kappa shape index (κ3) is 4.88. The zero-order valence-electron chi connectivity index (χ0n) is 11.9. The molecule has 2 aromatic carbocycles. The normalized spacial score (nSPS) is 11.5. The summed E-state index contributed by atoms with van der Waals surface area (Å²) in [4.78, 5) is 0. The predicted molar refractivity (Wildman–Crippen MR) is 82.1 cm³/mol. The molecule has 0 atom stereocenters. The highest BCUT2D eigenvalue weighted by atomic mass is 14.9. The summed E-state index contributed by atoms with van der Waals surface area (Å²) in [7, 11) is 0. The molecule has 0 aliphatic carbocycles. The molecule has 0 fully saturated rings. The topological polar surface area (TPSA) is 12.0 Å². The summed E-state index contributed by atoms with van der Waals surface area (Å²) in [5.41, 5.74) is 2.92. The van der Waals surface area contributed by atoms with Crippen LogP contribution < -0.4 is 5.32 Å². The molecule has 0 bridgehead atoms. The maximum Gasteiger partial charge on any atom is 0.0210 e. The number of nitrogens with one attached hydrogen (secondary N) is 1. The van der Waals surface area contributed by atoms with E-state index >= 15 is 0 Å². The lowest BCUT2D eigenvalue weighted by Crippen LogP contribution is -2.39. The molecule has 19 heavy (non-hydrogen) atoms. The Hall–Kier alpha value is -1.60. The fraction of sp³-hybridized carbons (Fsp3) is 0.333. The molecule has 1 nitrogen and oxygen atoms in total. The molecule has 0 spiro atoms. The van der Waals surface area contributed by atoms with Crippen LogP contribution in [0.2, 0.25) is 0 Å². The lowest BCUT2D eigenvalue weighted by Gasteiger charge is -2.26. The summed E-state index contributed by atoms with van der Waals surface area (Å²) in [5.74, 6) is 0. The van der Waals surface area contributed by atoms with Gasteiger partial charge in [0.2, 0.25) is 0 Å². The predicted octanol–water partition coefficient (Wildman–Crippen LogP) is 4.19. The van der Waals surface area contributed by atoms with Crippen LogP contribution in [-0.4, -0.2) is 5.54 Å². The van der Waals surface area contributed by atoms with Crippen molar-refractivity contribution in [1.29, 1.82) is 0 Å². The van der Waals surface area contributed by atoms with E-state index < -0.39 is 0 Å². The minimum Gasteiger partial charge on any atom is -0.308 e. The van der Waals surface area contributed by atoms with Crippen molar-refractivity contribution in [2.75, 3.05) is 0 Å². The summed E-state index contributed by atoms with van der Waals surface area (Å²) in [5, 5.41) is 3.65. The van der Waals surface area contributed by atoms with Crippen molar-refractivity contribution in [3.05, 3.63) is 71.8 Å². The van der Waals surface area contributed by atoms with Crippen LogP contribution in [0.3, 0.4) is 0 Å². The Morgan fingerprint density at radius 1 is 0.789 bits per heavy atom. The lowest BCUT2D eigenvalue weighted by molar-refractivity contribution is 0.360. The maximum absolute atomic E-state index is 3.65. The van der Waals surface area contributed by atoms with Crippen LogP contribution in [0.1, 0.15) is 31.4 Å². The zero-order valence-corrected chi connectivity index (χ0v) is 11.9. The first-order valence-corrected chi connectivity index (χ1v) is 6.99. The van der Waals surface area contributed by atoms with Gasteiger partial charge >= 0.3 is 0 Å². The highest BCUT2D eigenvalue weighted by molar-refractivity contribution is 5.16. The molecular weight excluding hydrogens is 230 g/mol. The van der Waals surface area contributed by atoms with Gasteiger partial charge in [-0.3, -0.25) is 0 Å². The second-order valence-corrected chi connectivity index (χ2v) is 5.71. The van der Waals surface area contributed by atoms with Gasteiger partial charge in [0.1, 0.15) is 0 Å². The van der Waals surface area contributed by atoms with E-state index in [-0.39, 0.29) is 5.54 Å². The quantitative estimate of drug-likeness (QED) is 0.814. The maximum atomic E-state index is 3.65. The Morgan fingerprint density at radius 3 is 1.89 bits per heavy atom. The van der Waals surface area contributed by atoms with Gasteiger partial charge in [0.05, 0.1) is 0 Å². The standard InChI is InChI=1S/C18H23N/c1-18(2,14-13-16-9-5-3-6-10-16)19-15-17-11-7-4-8-12-17/h3-12,19H,13-15H2,1-2H3. The summed E-state index contributed by atoms with van der Waals surface area (Å²) in [6.07, 6.45) is 2.26. The molecule has 0 aliphatic rings. The van der Waals surface area contributed by atoms with Crippen LogP contribution in [0.25, 0.3) is 0 Å².